The summed E-state index contributed by atoms with van der Waals surface area (Å²) in [4.78, 5) is 27.6. The van der Waals surface area contributed by atoms with E-state index >= 15 is 0 Å². The van der Waals surface area contributed by atoms with Gasteiger partial charge in [-0.15, -0.1) is 0 Å². The molecule has 4 nitrogen and oxygen atoms in total. The first kappa shape index (κ1) is 18.0. The molecule has 2 aliphatic rings. The van der Waals surface area contributed by atoms with Crippen LogP contribution in [0.5, 0.6) is 0 Å². The fourth-order valence-corrected chi connectivity index (χ4v) is 4.73. The van der Waals surface area contributed by atoms with Crippen LogP contribution in [0.4, 0.5) is 4.39 Å². The Morgan fingerprint density at radius 2 is 1.74 bits per heavy atom. The van der Waals surface area contributed by atoms with Gasteiger partial charge in [-0.1, -0.05) is 12.1 Å². The highest BCUT2D eigenvalue weighted by atomic mass is 19.1. The predicted molar refractivity (Wildman–Crippen MR) is 103 cm³/mol. The Kier molecular flexibility index (Phi) is 4.41. The smallest absolute Gasteiger partial charge is 0.263 e. The summed E-state index contributed by atoms with van der Waals surface area (Å²) in [5, 5.41) is 0. The van der Waals surface area contributed by atoms with Crippen LogP contribution in [0.2, 0.25) is 0 Å². The van der Waals surface area contributed by atoms with E-state index in [2.05, 4.69) is 0 Å². The van der Waals surface area contributed by atoms with E-state index < -0.39 is 0 Å². The number of nitrogens with zero attached hydrogens (tertiary/aromatic N) is 2. The molecular weight excluding hydrogens is 343 g/mol. The molecule has 27 heavy (non-hydrogen) atoms. The number of carbonyl (C=O) groups excluding carboxylic acids is 1. The number of rotatable bonds is 2. The Bertz CT molecular complexity index is 951. The minimum absolute atomic E-state index is 0.142. The number of aromatic nitrogens is 1. The summed E-state index contributed by atoms with van der Waals surface area (Å²) in [7, 11) is 1.70. The van der Waals surface area contributed by atoms with Crippen molar-refractivity contribution < 1.29 is 9.18 Å². The summed E-state index contributed by atoms with van der Waals surface area (Å²) in [5.74, 6) is 0.0214. The molecule has 0 aliphatic carbocycles. The number of carbonyl (C=O) groups is 1. The maximum atomic E-state index is 13.6. The third-order valence-electron chi connectivity index (χ3n) is 6.41. The Labute approximate surface area is 158 Å². The molecule has 3 heterocycles. The fraction of sp³-hybridized carbons (Fsp3) is 0.455. The molecule has 1 amide bonds. The first-order valence-corrected chi connectivity index (χ1v) is 9.62. The average Bonchev–Trinajstić information content (AvgIpc) is 2.91. The Morgan fingerprint density at radius 1 is 1.07 bits per heavy atom. The van der Waals surface area contributed by atoms with Gasteiger partial charge in [-0.2, -0.15) is 0 Å². The van der Waals surface area contributed by atoms with E-state index in [-0.39, 0.29) is 34.9 Å². The Hall–Kier alpha value is -2.43. The highest BCUT2D eigenvalue weighted by Crippen LogP contribution is 2.43. The molecule has 0 saturated carbocycles. The number of amides is 1. The second kappa shape index (κ2) is 6.63. The summed E-state index contributed by atoms with van der Waals surface area (Å²) in [6.07, 6.45) is 3.69. The fourth-order valence-electron chi connectivity index (χ4n) is 4.73. The normalized spacial score (nSPS) is 24.3. The van der Waals surface area contributed by atoms with Crippen molar-refractivity contribution in [2.75, 3.05) is 0 Å². The summed E-state index contributed by atoms with van der Waals surface area (Å²) >= 11 is 0. The molecule has 0 radical (unpaired) electrons. The lowest BCUT2D eigenvalue weighted by molar-refractivity contribution is 0.0569. The van der Waals surface area contributed by atoms with Gasteiger partial charge < -0.3 is 9.47 Å². The summed E-state index contributed by atoms with van der Waals surface area (Å²) < 4.78 is 15.1. The zero-order chi connectivity index (χ0) is 19.3. The third kappa shape index (κ3) is 2.99. The van der Waals surface area contributed by atoms with Crippen LogP contribution >= 0.6 is 0 Å². The van der Waals surface area contributed by atoms with E-state index in [0.29, 0.717) is 11.5 Å². The lowest BCUT2D eigenvalue weighted by Gasteiger charge is -2.39. The van der Waals surface area contributed by atoms with Gasteiger partial charge >= 0.3 is 0 Å². The summed E-state index contributed by atoms with van der Waals surface area (Å²) in [5.41, 5.74) is 2.70. The van der Waals surface area contributed by atoms with Gasteiger partial charge in [0, 0.05) is 24.8 Å². The quantitative estimate of drug-likeness (QED) is 0.811. The van der Waals surface area contributed by atoms with Gasteiger partial charge in [0.25, 0.3) is 11.5 Å². The van der Waals surface area contributed by atoms with Crippen molar-refractivity contribution in [1.82, 2.24) is 9.47 Å². The molecule has 0 N–H and O–H groups in total. The number of fused-ring (bicyclic) bond motifs is 2. The van der Waals surface area contributed by atoms with Gasteiger partial charge in [0.05, 0.1) is 0 Å². The standard InChI is InChI=1S/C22H25FN2O2/c1-13-10-15(5-9-20(13)23)16-11-17-6-7-18(12-16)25(17)22(27)19-8-4-14(2)24(3)21(19)26/h4-5,8-10,16-18H,6-7,11-12H2,1-3H3/t16?,17-,18+. The van der Waals surface area contributed by atoms with Crippen molar-refractivity contribution >= 4 is 5.91 Å². The number of benzene rings is 1. The third-order valence-corrected chi connectivity index (χ3v) is 6.41. The van der Waals surface area contributed by atoms with Crippen LogP contribution in [-0.2, 0) is 7.05 Å². The lowest BCUT2D eigenvalue weighted by Crippen LogP contribution is -2.47. The van der Waals surface area contributed by atoms with E-state index in [1.807, 2.05) is 30.0 Å². The Balaban J connectivity index is 1.59. The number of halogens is 1. The van der Waals surface area contributed by atoms with Crippen molar-refractivity contribution in [2.45, 2.75) is 57.5 Å². The molecule has 2 aliphatic heterocycles. The van der Waals surface area contributed by atoms with Crippen LogP contribution in [0, 0.1) is 19.7 Å². The SMILES string of the molecule is Cc1cc(C2C[C@H]3CC[C@@H](C2)N3C(=O)c2ccc(C)n(C)c2=O)ccc1F. The number of hydrogen-bond donors (Lipinski definition) is 0. The lowest BCUT2D eigenvalue weighted by atomic mass is 9.84. The number of hydrogen-bond acceptors (Lipinski definition) is 2. The first-order chi connectivity index (χ1) is 12.9. The molecule has 0 spiro atoms. The van der Waals surface area contributed by atoms with Crippen molar-refractivity contribution in [3.8, 4) is 0 Å². The van der Waals surface area contributed by atoms with Gasteiger partial charge in [0.15, 0.2) is 0 Å². The number of piperidine rings is 1. The maximum Gasteiger partial charge on any atom is 0.263 e. The monoisotopic (exact) mass is 368 g/mol. The molecule has 1 unspecified atom stereocenters. The average molecular weight is 368 g/mol. The molecule has 2 fully saturated rings. The van der Waals surface area contributed by atoms with E-state index in [9.17, 15) is 14.0 Å². The molecule has 3 atom stereocenters. The van der Waals surface area contributed by atoms with Crippen LogP contribution in [0.3, 0.4) is 0 Å². The van der Waals surface area contributed by atoms with Gasteiger partial charge in [-0.3, -0.25) is 9.59 Å². The van der Waals surface area contributed by atoms with E-state index in [1.54, 1.807) is 26.1 Å². The van der Waals surface area contributed by atoms with Crippen LogP contribution in [0.1, 0.15) is 58.8 Å². The van der Waals surface area contributed by atoms with Gasteiger partial charge in [0.1, 0.15) is 11.4 Å². The first-order valence-electron chi connectivity index (χ1n) is 9.62. The van der Waals surface area contributed by atoms with Crippen LogP contribution in [0.15, 0.2) is 35.1 Å². The molecular formula is C22H25FN2O2. The van der Waals surface area contributed by atoms with Gasteiger partial charge in [-0.25, -0.2) is 4.39 Å². The molecule has 4 rings (SSSR count). The summed E-state index contributed by atoms with van der Waals surface area (Å²) in [6.45, 7) is 3.65. The molecule has 1 aromatic heterocycles. The number of aryl methyl sites for hydroxylation is 2. The molecule has 5 heteroatoms. The highest BCUT2D eigenvalue weighted by Gasteiger charge is 2.44. The van der Waals surface area contributed by atoms with Gasteiger partial charge in [0.2, 0.25) is 0 Å². The molecule has 142 valence electrons. The van der Waals surface area contributed by atoms with Crippen molar-refractivity contribution in [3.63, 3.8) is 0 Å². The molecule has 2 saturated heterocycles. The zero-order valence-electron chi connectivity index (χ0n) is 16.0. The minimum atomic E-state index is -0.226. The maximum absolute atomic E-state index is 13.6. The molecule has 2 aromatic rings. The predicted octanol–water partition coefficient (Wildman–Crippen LogP) is 3.69. The van der Waals surface area contributed by atoms with Crippen LogP contribution in [-0.4, -0.2) is 27.5 Å². The molecule has 2 bridgehead atoms. The second-order valence-corrected chi connectivity index (χ2v) is 8.03. The van der Waals surface area contributed by atoms with E-state index in [1.165, 1.54) is 4.57 Å². The topological polar surface area (TPSA) is 42.3 Å². The van der Waals surface area contributed by atoms with E-state index in [4.69, 9.17) is 0 Å². The minimum Gasteiger partial charge on any atom is -0.332 e. The zero-order valence-corrected chi connectivity index (χ0v) is 16.0. The second-order valence-electron chi connectivity index (χ2n) is 8.03. The van der Waals surface area contributed by atoms with Crippen molar-refractivity contribution in [3.05, 3.63) is 68.9 Å². The Morgan fingerprint density at radius 3 is 2.37 bits per heavy atom. The number of pyridine rings is 1. The molecule has 1 aromatic carbocycles. The van der Waals surface area contributed by atoms with Crippen LogP contribution in [0.25, 0.3) is 0 Å². The van der Waals surface area contributed by atoms with Gasteiger partial charge in [-0.05, 0) is 74.8 Å². The van der Waals surface area contributed by atoms with Crippen molar-refractivity contribution in [2.24, 2.45) is 7.05 Å². The van der Waals surface area contributed by atoms with E-state index in [0.717, 1.165) is 36.9 Å². The highest BCUT2D eigenvalue weighted by molar-refractivity contribution is 5.94. The van der Waals surface area contributed by atoms with Crippen LogP contribution < -0.4 is 5.56 Å². The largest absolute Gasteiger partial charge is 0.332 e. The van der Waals surface area contributed by atoms with Crippen molar-refractivity contribution in [1.29, 1.82) is 0 Å². The summed E-state index contributed by atoms with van der Waals surface area (Å²) in [6, 6.07) is 9.14.